The van der Waals surface area contributed by atoms with Gasteiger partial charge >= 0.3 is 0 Å². The van der Waals surface area contributed by atoms with E-state index in [-0.39, 0.29) is 0 Å². The summed E-state index contributed by atoms with van der Waals surface area (Å²) in [7, 11) is 2.10. The van der Waals surface area contributed by atoms with Crippen LogP contribution in [-0.2, 0) is 6.54 Å². The van der Waals surface area contributed by atoms with Crippen LogP contribution in [0.2, 0.25) is 0 Å². The minimum absolute atomic E-state index is 0.505. The van der Waals surface area contributed by atoms with E-state index >= 15 is 0 Å². The molecule has 0 bridgehead atoms. The zero-order valence-electron chi connectivity index (χ0n) is 10.8. The second kappa shape index (κ2) is 5.45. The number of anilines is 1. The first-order chi connectivity index (χ1) is 8.20. The van der Waals surface area contributed by atoms with Crippen LogP contribution >= 0.6 is 0 Å². The number of hydrogen-bond donors (Lipinski definition) is 1. The summed E-state index contributed by atoms with van der Waals surface area (Å²) in [5.74, 6) is 1.70. The summed E-state index contributed by atoms with van der Waals surface area (Å²) in [5.41, 5.74) is 6.53. The zero-order chi connectivity index (χ0) is 12.3. The maximum atomic E-state index is 5.54. The zero-order valence-corrected chi connectivity index (χ0v) is 10.8. The topological polar surface area (TPSA) is 55.0 Å². The first-order valence-electron chi connectivity index (χ1n) is 6.44. The molecule has 1 aliphatic carbocycles. The molecule has 4 nitrogen and oxygen atoms in total. The Morgan fingerprint density at radius 2 is 1.82 bits per heavy atom. The number of rotatable bonds is 3. The summed E-state index contributed by atoms with van der Waals surface area (Å²) in [6, 6.07) is 0.593. The maximum Gasteiger partial charge on any atom is 0.225 e. The highest BCUT2D eigenvalue weighted by Crippen LogP contribution is 2.27. The lowest BCUT2D eigenvalue weighted by molar-refractivity contribution is 0.339. The van der Waals surface area contributed by atoms with Crippen LogP contribution in [0.15, 0.2) is 12.4 Å². The lowest BCUT2D eigenvalue weighted by Gasteiger charge is -2.33. The van der Waals surface area contributed by atoms with Gasteiger partial charge < -0.3 is 10.6 Å². The number of hydrogen-bond acceptors (Lipinski definition) is 4. The molecule has 2 N–H and O–H groups in total. The first-order valence-corrected chi connectivity index (χ1v) is 6.44. The van der Waals surface area contributed by atoms with Crippen LogP contribution in [0.4, 0.5) is 5.95 Å². The van der Waals surface area contributed by atoms with Gasteiger partial charge in [0.2, 0.25) is 5.95 Å². The summed E-state index contributed by atoms with van der Waals surface area (Å²) >= 11 is 0. The third kappa shape index (κ3) is 2.94. The van der Waals surface area contributed by atoms with E-state index in [0.29, 0.717) is 12.6 Å². The fraction of sp³-hybridized carbons (Fsp3) is 0.692. The van der Waals surface area contributed by atoms with Crippen molar-refractivity contribution in [2.75, 3.05) is 11.9 Å². The van der Waals surface area contributed by atoms with Gasteiger partial charge in [-0.15, -0.1) is 0 Å². The molecule has 1 aromatic rings. The van der Waals surface area contributed by atoms with Gasteiger partial charge in [0.1, 0.15) is 0 Å². The molecule has 0 spiro atoms. The lowest BCUT2D eigenvalue weighted by atomic mass is 9.87. The smallest absolute Gasteiger partial charge is 0.225 e. The number of nitrogens with two attached hydrogens (primary N) is 1. The van der Waals surface area contributed by atoms with E-state index < -0.39 is 0 Å². The largest absolute Gasteiger partial charge is 0.341 e. The van der Waals surface area contributed by atoms with Crippen LogP contribution < -0.4 is 10.6 Å². The highest BCUT2D eigenvalue weighted by molar-refractivity contribution is 5.30. The molecule has 0 amide bonds. The van der Waals surface area contributed by atoms with Crippen LogP contribution in [0.1, 0.15) is 38.2 Å². The monoisotopic (exact) mass is 234 g/mol. The predicted molar refractivity (Wildman–Crippen MR) is 69.7 cm³/mol. The van der Waals surface area contributed by atoms with Gasteiger partial charge in [-0.3, -0.25) is 0 Å². The Morgan fingerprint density at radius 3 is 2.35 bits per heavy atom. The summed E-state index contributed by atoms with van der Waals surface area (Å²) in [5, 5.41) is 0. The van der Waals surface area contributed by atoms with Crippen molar-refractivity contribution in [1.82, 2.24) is 9.97 Å². The maximum absolute atomic E-state index is 5.54. The fourth-order valence-electron chi connectivity index (χ4n) is 2.43. The Labute approximate surface area is 103 Å². The van der Waals surface area contributed by atoms with Crippen molar-refractivity contribution in [2.45, 2.75) is 45.2 Å². The molecular formula is C13H22N4. The molecule has 0 aromatic carbocycles. The van der Waals surface area contributed by atoms with Crippen LogP contribution in [0.5, 0.6) is 0 Å². The van der Waals surface area contributed by atoms with Gasteiger partial charge in [0.05, 0.1) is 0 Å². The average Bonchev–Trinajstić information content (AvgIpc) is 2.39. The molecule has 4 heteroatoms. The van der Waals surface area contributed by atoms with E-state index in [1.54, 1.807) is 0 Å². The van der Waals surface area contributed by atoms with E-state index in [2.05, 4.69) is 28.8 Å². The van der Waals surface area contributed by atoms with Gasteiger partial charge in [0, 0.05) is 37.6 Å². The van der Waals surface area contributed by atoms with Crippen LogP contribution in [-0.4, -0.2) is 23.1 Å². The second-order valence-corrected chi connectivity index (χ2v) is 5.12. The molecule has 0 aliphatic heterocycles. The minimum Gasteiger partial charge on any atom is -0.341 e. The first kappa shape index (κ1) is 12.3. The molecule has 1 heterocycles. The molecule has 0 radical (unpaired) electrons. The molecule has 94 valence electrons. The molecule has 1 aromatic heterocycles. The summed E-state index contributed by atoms with van der Waals surface area (Å²) in [6.07, 6.45) is 8.78. The van der Waals surface area contributed by atoms with E-state index in [4.69, 9.17) is 5.73 Å². The normalized spacial score (nSPS) is 24.6. The Morgan fingerprint density at radius 1 is 1.24 bits per heavy atom. The Kier molecular flexibility index (Phi) is 3.94. The summed E-state index contributed by atoms with van der Waals surface area (Å²) in [6.45, 7) is 2.84. The van der Waals surface area contributed by atoms with Gasteiger partial charge in [-0.25, -0.2) is 9.97 Å². The summed E-state index contributed by atoms with van der Waals surface area (Å²) < 4.78 is 0. The Balaban J connectivity index is 2.00. The number of aromatic nitrogens is 2. The average molecular weight is 234 g/mol. The van der Waals surface area contributed by atoms with Crippen molar-refractivity contribution in [1.29, 1.82) is 0 Å². The minimum atomic E-state index is 0.505. The van der Waals surface area contributed by atoms with Gasteiger partial charge in [-0.2, -0.15) is 0 Å². The van der Waals surface area contributed by atoms with Crippen molar-refractivity contribution < 1.29 is 0 Å². The molecule has 0 unspecified atom stereocenters. The van der Waals surface area contributed by atoms with Gasteiger partial charge in [0.15, 0.2) is 0 Å². The van der Waals surface area contributed by atoms with Gasteiger partial charge in [0.25, 0.3) is 0 Å². The van der Waals surface area contributed by atoms with Gasteiger partial charge in [-0.1, -0.05) is 6.92 Å². The molecule has 2 rings (SSSR count). The molecular weight excluding hydrogens is 212 g/mol. The molecule has 0 saturated heterocycles. The third-order valence-corrected chi connectivity index (χ3v) is 3.78. The molecule has 0 atom stereocenters. The van der Waals surface area contributed by atoms with Crippen LogP contribution in [0.25, 0.3) is 0 Å². The fourth-order valence-corrected chi connectivity index (χ4v) is 2.43. The summed E-state index contributed by atoms with van der Waals surface area (Å²) in [4.78, 5) is 11.0. The quantitative estimate of drug-likeness (QED) is 0.868. The lowest BCUT2D eigenvalue weighted by Crippen LogP contribution is -2.35. The van der Waals surface area contributed by atoms with E-state index in [1.165, 1.54) is 25.7 Å². The van der Waals surface area contributed by atoms with Crippen LogP contribution in [0, 0.1) is 5.92 Å². The second-order valence-electron chi connectivity index (χ2n) is 5.12. The van der Waals surface area contributed by atoms with Gasteiger partial charge in [-0.05, 0) is 31.6 Å². The molecule has 1 fully saturated rings. The number of nitrogens with zero attached hydrogens (tertiary/aromatic N) is 3. The van der Waals surface area contributed by atoms with Crippen molar-refractivity contribution >= 4 is 5.95 Å². The highest BCUT2D eigenvalue weighted by Gasteiger charge is 2.22. The molecule has 1 aliphatic rings. The van der Waals surface area contributed by atoms with E-state index in [1.807, 2.05) is 12.4 Å². The van der Waals surface area contributed by atoms with Crippen molar-refractivity contribution in [2.24, 2.45) is 11.7 Å². The van der Waals surface area contributed by atoms with Crippen molar-refractivity contribution in [3.63, 3.8) is 0 Å². The Bertz CT molecular complexity index is 341. The Hall–Kier alpha value is -1.16. The molecule has 17 heavy (non-hydrogen) atoms. The van der Waals surface area contributed by atoms with Crippen molar-refractivity contribution in [3.05, 3.63) is 18.0 Å². The van der Waals surface area contributed by atoms with E-state index in [9.17, 15) is 0 Å². The predicted octanol–water partition coefficient (Wildman–Crippen LogP) is 1.95. The third-order valence-electron chi connectivity index (χ3n) is 3.78. The standard InChI is InChI=1S/C13H22N4/c1-10-3-5-12(6-4-10)17(2)13-15-8-11(7-14)9-16-13/h8-10,12H,3-7,14H2,1-2H3. The highest BCUT2D eigenvalue weighted by atomic mass is 15.2. The SMILES string of the molecule is CC1CCC(N(C)c2ncc(CN)cn2)CC1. The van der Waals surface area contributed by atoms with E-state index in [0.717, 1.165) is 17.4 Å². The van der Waals surface area contributed by atoms with Crippen molar-refractivity contribution in [3.8, 4) is 0 Å². The molecule has 1 saturated carbocycles. The van der Waals surface area contributed by atoms with Crippen LogP contribution in [0.3, 0.4) is 0 Å².